The van der Waals surface area contributed by atoms with Gasteiger partial charge in [0, 0.05) is 31.9 Å². The molecule has 1 fully saturated rings. The van der Waals surface area contributed by atoms with Crippen molar-refractivity contribution < 1.29 is 9.18 Å². The van der Waals surface area contributed by atoms with E-state index in [1.165, 1.54) is 12.5 Å². The Labute approximate surface area is 219 Å². The van der Waals surface area contributed by atoms with Gasteiger partial charge in [0.25, 0.3) is 5.91 Å². The first kappa shape index (κ1) is 26.5. The molecular weight excluding hydrogens is 463 g/mol. The quantitative estimate of drug-likeness (QED) is 0.370. The van der Waals surface area contributed by atoms with Gasteiger partial charge in [0.2, 0.25) is 0 Å². The molecule has 1 aromatic heterocycles. The number of aromatic nitrogens is 1. The average Bonchev–Trinajstić information content (AvgIpc) is 2.91. The molecule has 6 heteroatoms. The molecule has 0 N–H and O–H groups in total. The number of pyridine rings is 1. The number of nitriles is 1. The van der Waals surface area contributed by atoms with Gasteiger partial charge in [-0.05, 0) is 79.1 Å². The van der Waals surface area contributed by atoms with Gasteiger partial charge in [-0.25, -0.2) is 4.39 Å². The van der Waals surface area contributed by atoms with Gasteiger partial charge in [-0.3, -0.25) is 9.78 Å². The number of carbonyl (C=O) groups excluding carboxylic acids is 1. The van der Waals surface area contributed by atoms with Crippen molar-refractivity contribution in [2.24, 2.45) is 5.92 Å². The molecule has 0 radical (unpaired) electrons. The summed E-state index contributed by atoms with van der Waals surface area (Å²) in [7, 11) is 0. The number of hydrogen-bond donors (Lipinski definition) is 0. The van der Waals surface area contributed by atoms with E-state index in [1.807, 2.05) is 54.3 Å². The summed E-state index contributed by atoms with van der Waals surface area (Å²) in [5.41, 5.74) is 4.24. The normalized spacial score (nSPS) is 14.5. The van der Waals surface area contributed by atoms with E-state index in [4.69, 9.17) is 5.26 Å². The molecule has 192 valence electrons. The highest BCUT2D eigenvalue weighted by Crippen LogP contribution is 2.25. The lowest BCUT2D eigenvalue weighted by atomic mass is 9.99. The first-order valence-corrected chi connectivity index (χ1v) is 13.1. The van der Waals surface area contributed by atoms with E-state index in [9.17, 15) is 9.18 Å². The lowest BCUT2D eigenvalue weighted by Gasteiger charge is -2.38. The Morgan fingerprint density at radius 1 is 1.11 bits per heavy atom. The Hall–Kier alpha value is -3.56. The number of piperidine rings is 1. The van der Waals surface area contributed by atoms with Crippen LogP contribution in [0.1, 0.15) is 60.3 Å². The first-order chi connectivity index (χ1) is 17.8. The van der Waals surface area contributed by atoms with Crippen LogP contribution in [-0.2, 0) is 6.54 Å². The van der Waals surface area contributed by atoms with Crippen LogP contribution in [0.5, 0.6) is 0 Å². The highest BCUT2D eigenvalue weighted by molar-refractivity contribution is 5.92. The number of halogens is 1. The second-order valence-corrected chi connectivity index (χ2v) is 10.4. The van der Waals surface area contributed by atoms with E-state index < -0.39 is 5.82 Å². The summed E-state index contributed by atoms with van der Waals surface area (Å²) >= 11 is 0. The van der Waals surface area contributed by atoms with Gasteiger partial charge in [0.15, 0.2) is 0 Å². The van der Waals surface area contributed by atoms with E-state index >= 15 is 0 Å². The van der Waals surface area contributed by atoms with Gasteiger partial charge >= 0.3 is 0 Å². The average molecular weight is 499 g/mol. The minimum atomic E-state index is -0.517. The van der Waals surface area contributed by atoms with Crippen molar-refractivity contribution in [2.75, 3.05) is 19.6 Å². The van der Waals surface area contributed by atoms with Crippen molar-refractivity contribution >= 4 is 5.91 Å². The SMILES string of the molecule is Cc1ccc(C(=O)N(Cc2ccc(-c3ccc(F)c(C#N)c3)cc2)C2CCN(CCC(C)C)CC2)nc1. The topological polar surface area (TPSA) is 60.2 Å². The number of aryl methyl sites for hydroxylation is 1. The summed E-state index contributed by atoms with van der Waals surface area (Å²) in [6.45, 7) is 10.1. The number of likely N-dealkylation sites (tertiary alicyclic amines) is 1. The van der Waals surface area contributed by atoms with Crippen molar-refractivity contribution in [2.45, 2.75) is 52.6 Å². The number of hydrogen-bond acceptors (Lipinski definition) is 4. The molecule has 1 amide bonds. The van der Waals surface area contributed by atoms with Crippen LogP contribution in [0, 0.1) is 30.0 Å². The van der Waals surface area contributed by atoms with Gasteiger partial charge in [-0.15, -0.1) is 0 Å². The number of benzene rings is 2. The maximum Gasteiger partial charge on any atom is 0.272 e. The fourth-order valence-corrected chi connectivity index (χ4v) is 4.79. The number of amides is 1. The van der Waals surface area contributed by atoms with Crippen LogP contribution >= 0.6 is 0 Å². The maximum atomic E-state index is 13.7. The van der Waals surface area contributed by atoms with Gasteiger partial charge in [0.05, 0.1) is 5.56 Å². The molecule has 1 aliphatic rings. The predicted molar refractivity (Wildman–Crippen MR) is 144 cm³/mol. The third kappa shape index (κ3) is 6.81. The van der Waals surface area contributed by atoms with Crippen LogP contribution in [0.2, 0.25) is 0 Å². The Morgan fingerprint density at radius 2 is 1.81 bits per heavy atom. The third-order valence-corrected chi connectivity index (χ3v) is 7.14. The van der Waals surface area contributed by atoms with E-state index in [2.05, 4.69) is 23.7 Å². The second-order valence-electron chi connectivity index (χ2n) is 10.4. The zero-order valence-corrected chi connectivity index (χ0v) is 22.0. The molecule has 37 heavy (non-hydrogen) atoms. The lowest BCUT2D eigenvalue weighted by Crippen LogP contribution is -2.47. The molecule has 0 aliphatic carbocycles. The fourth-order valence-electron chi connectivity index (χ4n) is 4.79. The van der Waals surface area contributed by atoms with Gasteiger partial charge < -0.3 is 9.80 Å². The molecule has 2 heterocycles. The van der Waals surface area contributed by atoms with Gasteiger partial charge in [-0.2, -0.15) is 5.26 Å². The summed E-state index contributed by atoms with van der Waals surface area (Å²) in [5.74, 6) is 0.131. The van der Waals surface area contributed by atoms with E-state index in [-0.39, 0.29) is 17.5 Å². The number of rotatable bonds is 8. The number of carbonyl (C=O) groups is 1. The molecule has 0 saturated carbocycles. The zero-order chi connectivity index (χ0) is 26.4. The van der Waals surface area contributed by atoms with Crippen molar-refractivity contribution in [3.8, 4) is 17.2 Å². The molecule has 0 bridgehead atoms. The molecule has 0 spiro atoms. The Balaban J connectivity index is 1.52. The van der Waals surface area contributed by atoms with Crippen LogP contribution < -0.4 is 0 Å². The Morgan fingerprint density at radius 3 is 2.43 bits per heavy atom. The van der Waals surface area contributed by atoms with Crippen LogP contribution in [0.4, 0.5) is 4.39 Å². The molecule has 1 aliphatic heterocycles. The highest BCUT2D eigenvalue weighted by atomic mass is 19.1. The van der Waals surface area contributed by atoms with Crippen LogP contribution in [-0.4, -0.2) is 46.4 Å². The van der Waals surface area contributed by atoms with Crippen molar-refractivity contribution in [3.05, 3.63) is 89.0 Å². The Kier molecular flexibility index (Phi) is 8.68. The van der Waals surface area contributed by atoms with Crippen molar-refractivity contribution in [1.82, 2.24) is 14.8 Å². The van der Waals surface area contributed by atoms with Crippen LogP contribution in [0.3, 0.4) is 0 Å². The van der Waals surface area contributed by atoms with E-state index in [0.29, 0.717) is 18.2 Å². The minimum Gasteiger partial charge on any atom is -0.330 e. The molecule has 2 aromatic carbocycles. The smallest absolute Gasteiger partial charge is 0.272 e. The minimum absolute atomic E-state index is 0.0312. The lowest BCUT2D eigenvalue weighted by molar-refractivity contribution is 0.0540. The number of nitrogens with zero attached hydrogens (tertiary/aromatic N) is 4. The molecule has 5 nitrogen and oxygen atoms in total. The summed E-state index contributed by atoms with van der Waals surface area (Å²) < 4.78 is 13.7. The molecule has 0 unspecified atom stereocenters. The summed E-state index contributed by atoms with van der Waals surface area (Å²) in [6.07, 6.45) is 4.82. The summed E-state index contributed by atoms with van der Waals surface area (Å²) in [5, 5.41) is 9.15. The Bertz CT molecular complexity index is 1240. The highest BCUT2D eigenvalue weighted by Gasteiger charge is 2.29. The first-order valence-electron chi connectivity index (χ1n) is 13.1. The van der Waals surface area contributed by atoms with E-state index in [0.717, 1.165) is 54.7 Å². The van der Waals surface area contributed by atoms with Crippen LogP contribution in [0.25, 0.3) is 11.1 Å². The summed E-state index contributed by atoms with van der Waals surface area (Å²) in [4.78, 5) is 22.5. The van der Waals surface area contributed by atoms with Crippen molar-refractivity contribution in [1.29, 1.82) is 5.26 Å². The standard InChI is InChI=1S/C31H35FN4O/c1-22(2)12-15-35-16-13-28(14-17-35)36(31(37)30-11-4-23(3)20-34-30)21-24-5-7-25(8-6-24)26-9-10-29(32)27(18-26)19-33/h4-11,18,20,22,28H,12-17,21H2,1-3H3. The molecule has 1 saturated heterocycles. The molecule has 4 rings (SSSR count). The van der Waals surface area contributed by atoms with Crippen LogP contribution in [0.15, 0.2) is 60.8 Å². The third-order valence-electron chi connectivity index (χ3n) is 7.14. The monoisotopic (exact) mass is 498 g/mol. The van der Waals surface area contributed by atoms with E-state index in [1.54, 1.807) is 18.3 Å². The van der Waals surface area contributed by atoms with Gasteiger partial charge in [-0.1, -0.05) is 50.2 Å². The largest absolute Gasteiger partial charge is 0.330 e. The fraction of sp³-hybridized carbons (Fsp3) is 0.387. The van der Waals surface area contributed by atoms with Crippen molar-refractivity contribution in [3.63, 3.8) is 0 Å². The van der Waals surface area contributed by atoms with Gasteiger partial charge in [0.1, 0.15) is 17.6 Å². The second kappa shape index (κ2) is 12.1. The molecule has 0 atom stereocenters. The summed E-state index contributed by atoms with van der Waals surface area (Å²) in [6, 6.07) is 18.3. The predicted octanol–water partition coefficient (Wildman–Crippen LogP) is 6.22. The maximum absolute atomic E-state index is 13.7. The zero-order valence-electron chi connectivity index (χ0n) is 22.0. The molecular formula is C31H35FN4O. The molecule has 3 aromatic rings.